The summed E-state index contributed by atoms with van der Waals surface area (Å²) in [6, 6.07) is 4.05. The van der Waals surface area contributed by atoms with E-state index in [1.165, 1.54) is 3.57 Å². The largest absolute Gasteiger partial charge is 0.507 e. The van der Waals surface area contributed by atoms with Gasteiger partial charge in [-0.3, -0.25) is 0 Å². The van der Waals surface area contributed by atoms with Crippen molar-refractivity contribution in [3.63, 3.8) is 0 Å². The fraction of sp³-hybridized carbons (Fsp3) is 0.538. The predicted molar refractivity (Wildman–Crippen MR) is 80.4 cm³/mol. The van der Waals surface area contributed by atoms with Crippen LogP contribution in [0.2, 0.25) is 0 Å². The number of phenolic OH excluding ortho intramolecular Hbond substituents is 1. The summed E-state index contributed by atoms with van der Waals surface area (Å²) in [6.07, 6.45) is 0. The number of hydrogen-bond donors (Lipinski definition) is 1. The Bertz CT molecular complexity index is 380. The van der Waals surface area contributed by atoms with Gasteiger partial charge in [-0.15, -0.1) is 0 Å². The summed E-state index contributed by atoms with van der Waals surface area (Å²) in [6.45, 7) is 4.76. The highest BCUT2D eigenvalue weighted by Crippen LogP contribution is 2.25. The summed E-state index contributed by atoms with van der Waals surface area (Å²) < 4.78 is 1.17. The zero-order valence-electron chi connectivity index (χ0n) is 11.0. The number of phenols is 1. The minimum absolute atomic E-state index is 0.433. The molecule has 1 aromatic rings. The first-order valence-corrected chi connectivity index (χ1v) is 6.79. The number of aromatic hydroxyl groups is 1. The molecule has 0 saturated heterocycles. The Hall–Kier alpha value is -0.330. The van der Waals surface area contributed by atoms with Gasteiger partial charge in [0, 0.05) is 28.8 Å². The molecule has 3 nitrogen and oxygen atoms in total. The maximum absolute atomic E-state index is 10.0. The van der Waals surface area contributed by atoms with Crippen molar-refractivity contribution >= 4 is 22.6 Å². The first-order chi connectivity index (χ1) is 7.90. The number of halogens is 1. The molecule has 0 aromatic heterocycles. The number of rotatable bonds is 5. The molecule has 96 valence electrons. The normalized spacial score (nSPS) is 11.5. The molecule has 0 aliphatic heterocycles. The predicted octanol–water partition coefficient (Wildman–Crippen LogP) is 2.30. The Morgan fingerprint density at radius 3 is 2.41 bits per heavy atom. The average molecular weight is 348 g/mol. The van der Waals surface area contributed by atoms with E-state index in [-0.39, 0.29) is 0 Å². The first kappa shape index (κ1) is 14.7. The minimum Gasteiger partial charge on any atom is -0.507 e. The molecule has 4 heteroatoms. The molecule has 17 heavy (non-hydrogen) atoms. The van der Waals surface area contributed by atoms with Crippen LogP contribution in [-0.4, -0.2) is 49.1 Å². The van der Waals surface area contributed by atoms with Crippen molar-refractivity contribution in [1.82, 2.24) is 9.80 Å². The standard InChI is InChI=1S/C13H21IN2O/c1-10-7-12(14)8-11(13(10)17)9-16(4)6-5-15(2)3/h7-8,17H,5-6,9H2,1-4H3. The van der Waals surface area contributed by atoms with E-state index in [4.69, 9.17) is 0 Å². The lowest BCUT2D eigenvalue weighted by Gasteiger charge is -2.20. The van der Waals surface area contributed by atoms with Crippen molar-refractivity contribution in [2.75, 3.05) is 34.2 Å². The molecule has 0 unspecified atom stereocenters. The smallest absolute Gasteiger partial charge is 0.123 e. The van der Waals surface area contributed by atoms with Gasteiger partial charge < -0.3 is 14.9 Å². The highest BCUT2D eigenvalue weighted by Gasteiger charge is 2.08. The van der Waals surface area contributed by atoms with Gasteiger partial charge in [-0.05, 0) is 68.4 Å². The molecule has 0 fully saturated rings. The van der Waals surface area contributed by atoms with E-state index in [1.807, 2.05) is 13.0 Å². The lowest BCUT2D eigenvalue weighted by Crippen LogP contribution is -2.28. The van der Waals surface area contributed by atoms with Crippen LogP contribution >= 0.6 is 22.6 Å². The number of aryl methyl sites for hydroxylation is 1. The molecule has 0 saturated carbocycles. The van der Waals surface area contributed by atoms with Crippen LogP contribution in [0.15, 0.2) is 12.1 Å². The lowest BCUT2D eigenvalue weighted by molar-refractivity contribution is 0.273. The molecular formula is C13H21IN2O. The number of likely N-dealkylation sites (N-methyl/N-ethyl adjacent to an activating group) is 2. The van der Waals surface area contributed by atoms with Crippen LogP contribution in [0.25, 0.3) is 0 Å². The Morgan fingerprint density at radius 2 is 1.82 bits per heavy atom. The van der Waals surface area contributed by atoms with Crippen LogP contribution in [0, 0.1) is 10.5 Å². The van der Waals surface area contributed by atoms with Gasteiger partial charge in [0.05, 0.1) is 0 Å². The zero-order valence-corrected chi connectivity index (χ0v) is 13.2. The van der Waals surface area contributed by atoms with Gasteiger partial charge in [0.1, 0.15) is 5.75 Å². The molecule has 0 heterocycles. The number of benzene rings is 1. The van der Waals surface area contributed by atoms with Crippen molar-refractivity contribution in [1.29, 1.82) is 0 Å². The molecule has 0 aliphatic rings. The maximum Gasteiger partial charge on any atom is 0.123 e. The molecule has 1 aromatic carbocycles. The van der Waals surface area contributed by atoms with E-state index in [0.29, 0.717) is 5.75 Å². The Morgan fingerprint density at radius 1 is 1.18 bits per heavy atom. The summed E-state index contributed by atoms with van der Waals surface area (Å²) in [5, 5.41) is 10.0. The maximum atomic E-state index is 10.0. The van der Waals surface area contributed by atoms with E-state index >= 15 is 0 Å². The molecule has 1 N–H and O–H groups in total. The van der Waals surface area contributed by atoms with Gasteiger partial charge in [-0.2, -0.15) is 0 Å². The van der Waals surface area contributed by atoms with E-state index in [1.54, 1.807) is 0 Å². The highest BCUT2D eigenvalue weighted by atomic mass is 127. The quantitative estimate of drug-likeness (QED) is 0.828. The Kier molecular flexibility index (Phi) is 5.69. The van der Waals surface area contributed by atoms with Crippen LogP contribution in [0.4, 0.5) is 0 Å². The summed E-state index contributed by atoms with van der Waals surface area (Å²) in [7, 11) is 6.22. The molecule has 0 radical (unpaired) electrons. The van der Waals surface area contributed by atoms with Crippen LogP contribution in [-0.2, 0) is 6.54 Å². The van der Waals surface area contributed by atoms with E-state index in [9.17, 15) is 5.11 Å². The van der Waals surface area contributed by atoms with Crippen molar-refractivity contribution in [3.05, 3.63) is 26.8 Å². The average Bonchev–Trinajstić information content (AvgIpc) is 2.22. The van der Waals surface area contributed by atoms with Crippen LogP contribution in [0.1, 0.15) is 11.1 Å². The molecule has 0 amide bonds. The van der Waals surface area contributed by atoms with E-state index in [2.05, 4.69) is 59.6 Å². The second kappa shape index (κ2) is 6.56. The van der Waals surface area contributed by atoms with Gasteiger partial charge in [0.15, 0.2) is 0 Å². The third-order valence-corrected chi connectivity index (χ3v) is 3.34. The van der Waals surface area contributed by atoms with Crippen molar-refractivity contribution in [2.24, 2.45) is 0 Å². The number of nitrogens with zero attached hydrogens (tertiary/aromatic N) is 2. The van der Waals surface area contributed by atoms with Gasteiger partial charge in [-0.1, -0.05) is 0 Å². The second-order valence-corrected chi connectivity index (χ2v) is 6.02. The first-order valence-electron chi connectivity index (χ1n) is 5.71. The van der Waals surface area contributed by atoms with Crippen LogP contribution < -0.4 is 0 Å². The lowest BCUT2D eigenvalue weighted by atomic mass is 10.1. The van der Waals surface area contributed by atoms with E-state index < -0.39 is 0 Å². The summed E-state index contributed by atoms with van der Waals surface area (Å²) >= 11 is 2.29. The van der Waals surface area contributed by atoms with Crippen molar-refractivity contribution in [2.45, 2.75) is 13.5 Å². The third-order valence-electron chi connectivity index (χ3n) is 2.71. The van der Waals surface area contributed by atoms with Crippen LogP contribution in [0.3, 0.4) is 0 Å². The van der Waals surface area contributed by atoms with Gasteiger partial charge in [0.2, 0.25) is 0 Å². The fourth-order valence-corrected chi connectivity index (χ4v) is 2.51. The van der Waals surface area contributed by atoms with Crippen molar-refractivity contribution < 1.29 is 5.11 Å². The molecular weight excluding hydrogens is 327 g/mol. The van der Waals surface area contributed by atoms with Gasteiger partial charge in [0.25, 0.3) is 0 Å². The Balaban J connectivity index is 2.68. The molecule has 0 spiro atoms. The molecule has 0 bridgehead atoms. The molecule has 1 rings (SSSR count). The van der Waals surface area contributed by atoms with Crippen molar-refractivity contribution in [3.8, 4) is 5.75 Å². The molecule has 0 aliphatic carbocycles. The number of hydrogen-bond acceptors (Lipinski definition) is 3. The topological polar surface area (TPSA) is 26.7 Å². The van der Waals surface area contributed by atoms with Gasteiger partial charge in [-0.25, -0.2) is 0 Å². The minimum atomic E-state index is 0.433. The Labute approximate surface area is 118 Å². The highest BCUT2D eigenvalue weighted by molar-refractivity contribution is 14.1. The van der Waals surface area contributed by atoms with Gasteiger partial charge >= 0.3 is 0 Å². The van der Waals surface area contributed by atoms with E-state index in [0.717, 1.165) is 30.8 Å². The summed E-state index contributed by atoms with van der Waals surface area (Å²) in [4.78, 5) is 4.39. The fourth-order valence-electron chi connectivity index (χ4n) is 1.67. The third kappa shape index (κ3) is 4.81. The summed E-state index contributed by atoms with van der Waals surface area (Å²) in [5.74, 6) is 0.433. The second-order valence-electron chi connectivity index (χ2n) is 4.77. The summed E-state index contributed by atoms with van der Waals surface area (Å²) in [5.41, 5.74) is 1.96. The monoisotopic (exact) mass is 348 g/mol. The van der Waals surface area contributed by atoms with Crippen LogP contribution in [0.5, 0.6) is 5.75 Å². The zero-order chi connectivity index (χ0) is 13.0. The molecule has 0 atom stereocenters. The SMILES string of the molecule is Cc1cc(I)cc(CN(C)CCN(C)C)c1O.